The van der Waals surface area contributed by atoms with Crippen LogP contribution in [0.1, 0.15) is 5.56 Å². The summed E-state index contributed by atoms with van der Waals surface area (Å²) in [5, 5.41) is 11.5. The van der Waals surface area contributed by atoms with E-state index in [1.165, 1.54) is 19.4 Å². The molecule has 17 heavy (non-hydrogen) atoms. The largest absolute Gasteiger partial charge is 0.493 e. The molecular formula is C10H11ClN2O4. The Labute approximate surface area is 103 Å². The first-order chi connectivity index (χ1) is 8.08. The summed E-state index contributed by atoms with van der Waals surface area (Å²) in [6.45, 7) is -0.302. The molecule has 0 saturated carbocycles. The van der Waals surface area contributed by atoms with Crippen LogP contribution in [0.2, 0.25) is 5.02 Å². The van der Waals surface area contributed by atoms with Crippen molar-refractivity contribution in [3.63, 3.8) is 0 Å². The minimum atomic E-state index is -0.621. The van der Waals surface area contributed by atoms with Crippen molar-refractivity contribution < 1.29 is 19.5 Å². The number of primary amides is 1. The number of ether oxygens (including phenoxy) is 2. The highest BCUT2D eigenvalue weighted by Gasteiger charge is 2.12. The van der Waals surface area contributed by atoms with Crippen molar-refractivity contribution in [1.29, 1.82) is 0 Å². The van der Waals surface area contributed by atoms with Crippen LogP contribution in [0, 0.1) is 0 Å². The van der Waals surface area contributed by atoms with Gasteiger partial charge in [-0.2, -0.15) is 0 Å². The van der Waals surface area contributed by atoms with Gasteiger partial charge in [-0.1, -0.05) is 16.8 Å². The number of hydrogen-bond donors (Lipinski definition) is 2. The van der Waals surface area contributed by atoms with Crippen LogP contribution < -0.4 is 15.2 Å². The monoisotopic (exact) mass is 258 g/mol. The summed E-state index contributed by atoms with van der Waals surface area (Å²) in [6.07, 6.45) is 1.19. The molecule has 92 valence electrons. The molecule has 0 unspecified atom stereocenters. The maximum atomic E-state index is 10.6. The molecule has 0 spiro atoms. The first-order valence-electron chi connectivity index (χ1n) is 4.54. The predicted molar refractivity (Wildman–Crippen MR) is 62.1 cm³/mol. The Bertz CT molecular complexity index is 448. The molecule has 0 atom stereocenters. The van der Waals surface area contributed by atoms with E-state index in [0.29, 0.717) is 11.3 Å². The van der Waals surface area contributed by atoms with E-state index in [-0.39, 0.29) is 17.4 Å². The molecule has 0 aromatic heterocycles. The van der Waals surface area contributed by atoms with Crippen molar-refractivity contribution in [3.05, 3.63) is 22.7 Å². The Morgan fingerprint density at radius 3 is 2.88 bits per heavy atom. The Hall–Kier alpha value is -1.95. The number of carbonyl (C=O) groups excluding carboxylic acids is 1. The van der Waals surface area contributed by atoms with Gasteiger partial charge in [0, 0.05) is 5.56 Å². The highest BCUT2D eigenvalue weighted by Crippen LogP contribution is 2.35. The third-order valence-electron chi connectivity index (χ3n) is 1.82. The van der Waals surface area contributed by atoms with E-state index in [1.54, 1.807) is 6.07 Å². The standard InChI is InChI=1S/C10H11ClN2O4/c1-16-8-3-6(4-13-15)2-7(11)10(8)17-5-9(12)14/h2-4,15H,5H2,1H3,(H2,12,14)/b13-4-. The molecule has 0 aliphatic carbocycles. The molecule has 6 nitrogen and oxygen atoms in total. The van der Waals surface area contributed by atoms with Gasteiger partial charge in [-0.15, -0.1) is 0 Å². The smallest absolute Gasteiger partial charge is 0.255 e. The molecule has 0 heterocycles. The number of amides is 1. The van der Waals surface area contributed by atoms with Gasteiger partial charge in [0.15, 0.2) is 18.1 Å². The molecule has 0 bridgehead atoms. The summed E-state index contributed by atoms with van der Waals surface area (Å²) < 4.78 is 10.2. The quantitative estimate of drug-likeness (QED) is 0.468. The fourth-order valence-corrected chi connectivity index (χ4v) is 1.44. The van der Waals surface area contributed by atoms with E-state index in [1.807, 2.05) is 0 Å². The third-order valence-corrected chi connectivity index (χ3v) is 2.10. The lowest BCUT2D eigenvalue weighted by Crippen LogP contribution is -2.20. The van der Waals surface area contributed by atoms with Crippen LogP contribution in [-0.4, -0.2) is 31.0 Å². The first-order valence-corrected chi connectivity index (χ1v) is 4.92. The predicted octanol–water partition coefficient (Wildman–Crippen LogP) is 1.02. The van der Waals surface area contributed by atoms with Gasteiger partial charge in [0.2, 0.25) is 0 Å². The summed E-state index contributed by atoms with van der Waals surface area (Å²) in [7, 11) is 1.42. The molecule has 1 aromatic rings. The van der Waals surface area contributed by atoms with Gasteiger partial charge in [-0.3, -0.25) is 4.79 Å². The molecule has 0 aliphatic rings. The lowest BCUT2D eigenvalue weighted by molar-refractivity contribution is -0.119. The zero-order chi connectivity index (χ0) is 12.8. The van der Waals surface area contributed by atoms with Crippen molar-refractivity contribution in [2.75, 3.05) is 13.7 Å². The van der Waals surface area contributed by atoms with Crippen LogP contribution in [-0.2, 0) is 4.79 Å². The molecule has 3 N–H and O–H groups in total. The molecule has 0 saturated heterocycles. The van der Waals surface area contributed by atoms with Crippen LogP contribution >= 0.6 is 11.6 Å². The average Bonchev–Trinajstić information content (AvgIpc) is 2.27. The second-order valence-electron chi connectivity index (χ2n) is 3.03. The Morgan fingerprint density at radius 1 is 1.65 bits per heavy atom. The lowest BCUT2D eigenvalue weighted by atomic mass is 10.2. The van der Waals surface area contributed by atoms with Crippen molar-refractivity contribution in [1.82, 2.24) is 0 Å². The fourth-order valence-electron chi connectivity index (χ4n) is 1.16. The molecule has 1 aromatic carbocycles. The van der Waals surface area contributed by atoms with Crippen molar-refractivity contribution in [2.45, 2.75) is 0 Å². The topological polar surface area (TPSA) is 94.1 Å². The van der Waals surface area contributed by atoms with E-state index in [0.717, 1.165) is 0 Å². The fraction of sp³-hybridized carbons (Fsp3) is 0.200. The van der Waals surface area contributed by atoms with Crippen LogP contribution in [0.3, 0.4) is 0 Å². The first kappa shape index (κ1) is 13.1. The van der Waals surface area contributed by atoms with Gasteiger partial charge < -0.3 is 20.4 Å². The Morgan fingerprint density at radius 2 is 2.35 bits per heavy atom. The molecule has 0 aliphatic heterocycles. The van der Waals surface area contributed by atoms with E-state index in [9.17, 15) is 4.79 Å². The van der Waals surface area contributed by atoms with Crippen LogP contribution in [0.25, 0.3) is 0 Å². The molecule has 1 rings (SSSR count). The van der Waals surface area contributed by atoms with Crippen LogP contribution in [0.5, 0.6) is 11.5 Å². The van der Waals surface area contributed by atoms with Gasteiger partial charge in [-0.25, -0.2) is 0 Å². The number of carbonyl (C=O) groups is 1. The number of oxime groups is 1. The van der Waals surface area contributed by atoms with Gasteiger partial charge in [0.25, 0.3) is 5.91 Å². The minimum absolute atomic E-state index is 0.211. The second-order valence-corrected chi connectivity index (χ2v) is 3.44. The number of benzene rings is 1. The van der Waals surface area contributed by atoms with Gasteiger partial charge in [0.05, 0.1) is 18.3 Å². The average molecular weight is 259 g/mol. The number of hydrogen-bond acceptors (Lipinski definition) is 5. The normalized spacial score (nSPS) is 10.5. The Balaban J connectivity index is 3.07. The lowest BCUT2D eigenvalue weighted by Gasteiger charge is -2.11. The number of halogens is 1. The van der Waals surface area contributed by atoms with Crippen LogP contribution in [0.15, 0.2) is 17.3 Å². The third kappa shape index (κ3) is 3.53. The van der Waals surface area contributed by atoms with Crippen molar-refractivity contribution in [3.8, 4) is 11.5 Å². The van der Waals surface area contributed by atoms with Crippen LogP contribution in [0.4, 0.5) is 0 Å². The maximum Gasteiger partial charge on any atom is 0.255 e. The SMILES string of the molecule is COc1cc(/C=N\O)cc(Cl)c1OCC(N)=O. The molecule has 1 amide bonds. The number of rotatable bonds is 5. The number of nitrogens with two attached hydrogens (primary N) is 1. The summed E-state index contributed by atoms with van der Waals surface area (Å²) in [5.74, 6) is -0.0965. The summed E-state index contributed by atoms with van der Waals surface area (Å²) >= 11 is 5.93. The number of nitrogens with zero attached hydrogens (tertiary/aromatic N) is 1. The van der Waals surface area contributed by atoms with E-state index in [2.05, 4.69) is 5.16 Å². The Kier molecular flexibility index (Phi) is 4.59. The van der Waals surface area contributed by atoms with Gasteiger partial charge >= 0.3 is 0 Å². The molecule has 0 fully saturated rings. The van der Waals surface area contributed by atoms with Gasteiger partial charge in [-0.05, 0) is 12.1 Å². The molecular weight excluding hydrogens is 248 g/mol. The van der Waals surface area contributed by atoms with E-state index in [4.69, 9.17) is 32.0 Å². The minimum Gasteiger partial charge on any atom is -0.493 e. The maximum absolute atomic E-state index is 10.6. The second kappa shape index (κ2) is 5.95. The summed E-state index contributed by atoms with van der Waals surface area (Å²) in [5.41, 5.74) is 5.49. The number of methoxy groups -OCH3 is 1. The zero-order valence-electron chi connectivity index (χ0n) is 9.01. The van der Waals surface area contributed by atoms with E-state index >= 15 is 0 Å². The molecule has 7 heteroatoms. The summed E-state index contributed by atoms with van der Waals surface area (Å²) in [6, 6.07) is 3.04. The summed E-state index contributed by atoms with van der Waals surface area (Å²) in [4.78, 5) is 10.6. The van der Waals surface area contributed by atoms with Crippen molar-refractivity contribution in [2.24, 2.45) is 10.9 Å². The highest BCUT2D eigenvalue weighted by molar-refractivity contribution is 6.32. The highest BCUT2D eigenvalue weighted by atomic mass is 35.5. The van der Waals surface area contributed by atoms with E-state index < -0.39 is 5.91 Å². The molecule has 0 radical (unpaired) electrons. The zero-order valence-corrected chi connectivity index (χ0v) is 9.77. The van der Waals surface area contributed by atoms with Crippen molar-refractivity contribution >= 4 is 23.7 Å². The van der Waals surface area contributed by atoms with Gasteiger partial charge in [0.1, 0.15) is 0 Å².